The first-order valence-corrected chi connectivity index (χ1v) is 6.51. The molecular weight excluding hydrogens is 296 g/mol. The first kappa shape index (κ1) is 11.0. The van der Waals surface area contributed by atoms with E-state index < -0.39 is 0 Å². The summed E-state index contributed by atoms with van der Waals surface area (Å²) in [6.07, 6.45) is 0. The van der Waals surface area contributed by atoms with Crippen molar-refractivity contribution in [3.05, 3.63) is 22.3 Å². The monoisotopic (exact) mass is 302 g/mol. The van der Waals surface area contributed by atoms with Crippen LogP contribution in [0.5, 0.6) is 0 Å². The predicted octanol–water partition coefficient (Wildman–Crippen LogP) is 2.86. The Hall–Kier alpha value is -0.530. The van der Waals surface area contributed by atoms with Gasteiger partial charge in [-0.1, -0.05) is 0 Å². The van der Waals surface area contributed by atoms with Crippen molar-refractivity contribution in [3.63, 3.8) is 0 Å². The summed E-state index contributed by atoms with van der Waals surface area (Å²) in [6, 6.07) is 1.87. The van der Waals surface area contributed by atoms with Crippen molar-refractivity contribution in [3.8, 4) is 0 Å². The van der Waals surface area contributed by atoms with Crippen LogP contribution in [0.15, 0.2) is 20.0 Å². The molecule has 7 heteroatoms. The summed E-state index contributed by atoms with van der Waals surface area (Å²) < 4.78 is 5.80. The molecule has 15 heavy (non-hydrogen) atoms. The average Bonchev–Trinajstić information content (AvgIpc) is 2.49. The Morgan fingerprint density at radius 1 is 1.20 bits per heavy atom. The molecule has 2 rings (SSSR count). The maximum Gasteiger partial charge on any atom is 0.176 e. The number of hydrogen-bond donors (Lipinski definition) is 0. The third-order valence-electron chi connectivity index (χ3n) is 1.48. The lowest BCUT2D eigenvalue weighted by atomic mass is 10.6. The van der Waals surface area contributed by atoms with Crippen molar-refractivity contribution in [1.82, 2.24) is 19.3 Å². The topological polar surface area (TPSA) is 51.6 Å². The maximum atomic E-state index is 4.30. The zero-order valence-electron chi connectivity index (χ0n) is 8.06. The van der Waals surface area contributed by atoms with Gasteiger partial charge in [0.25, 0.3) is 0 Å². The van der Waals surface area contributed by atoms with Gasteiger partial charge in [-0.05, 0) is 53.1 Å². The third kappa shape index (κ3) is 2.96. The summed E-state index contributed by atoms with van der Waals surface area (Å²) in [6.45, 7) is 3.74. The highest BCUT2D eigenvalue weighted by molar-refractivity contribution is 9.10. The average molecular weight is 303 g/mol. The van der Waals surface area contributed by atoms with Gasteiger partial charge in [0.2, 0.25) is 0 Å². The van der Waals surface area contributed by atoms with Crippen LogP contribution in [0.1, 0.15) is 11.6 Å². The smallest absolute Gasteiger partial charge is 0.176 e. The van der Waals surface area contributed by atoms with E-state index in [2.05, 4.69) is 35.3 Å². The Balaban J connectivity index is 2.24. The predicted molar refractivity (Wildman–Crippen MR) is 63.2 cm³/mol. The second-order valence-corrected chi connectivity index (χ2v) is 5.62. The third-order valence-corrected chi connectivity index (χ3v) is 3.65. The van der Waals surface area contributed by atoms with Gasteiger partial charge in [0.15, 0.2) is 4.34 Å². The Labute approximate surface area is 104 Å². The quantitative estimate of drug-likeness (QED) is 0.799. The van der Waals surface area contributed by atoms with Crippen LogP contribution in [0.3, 0.4) is 0 Å². The SMILES string of the molecule is Cc1nc(Br)cc(Sc2nc(C)ns2)n1. The van der Waals surface area contributed by atoms with Gasteiger partial charge in [0.05, 0.1) is 0 Å². The normalized spacial score (nSPS) is 10.6. The molecule has 0 unspecified atom stereocenters. The Kier molecular flexibility index (Phi) is 3.32. The van der Waals surface area contributed by atoms with E-state index in [1.165, 1.54) is 23.3 Å². The van der Waals surface area contributed by atoms with E-state index in [1.54, 1.807) is 0 Å². The molecule has 0 N–H and O–H groups in total. The summed E-state index contributed by atoms with van der Waals surface area (Å²) in [5.41, 5.74) is 0. The molecular formula is C8H7BrN4S2. The van der Waals surface area contributed by atoms with Gasteiger partial charge in [-0.3, -0.25) is 0 Å². The molecule has 0 spiro atoms. The molecule has 0 radical (unpaired) electrons. The highest BCUT2D eigenvalue weighted by Crippen LogP contribution is 2.28. The van der Waals surface area contributed by atoms with Crippen LogP contribution >= 0.6 is 39.2 Å². The standard InChI is InChI=1S/C8H7BrN4S2/c1-4-10-6(9)3-7(11-4)14-8-12-5(2)13-15-8/h3H,1-2H3. The van der Waals surface area contributed by atoms with E-state index in [4.69, 9.17) is 0 Å². The van der Waals surface area contributed by atoms with Crippen molar-refractivity contribution in [2.24, 2.45) is 0 Å². The van der Waals surface area contributed by atoms with Crippen LogP contribution in [0.2, 0.25) is 0 Å². The van der Waals surface area contributed by atoms with E-state index in [-0.39, 0.29) is 0 Å². The minimum atomic E-state index is 0.744. The molecule has 2 aromatic heterocycles. The fourth-order valence-electron chi connectivity index (χ4n) is 0.967. The van der Waals surface area contributed by atoms with E-state index >= 15 is 0 Å². The molecule has 0 amide bonds. The van der Waals surface area contributed by atoms with Gasteiger partial charge in [0.1, 0.15) is 21.3 Å². The molecule has 2 aromatic rings. The number of rotatable bonds is 2. The molecule has 0 aliphatic heterocycles. The van der Waals surface area contributed by atoms with Crippen molar-refractivity contribution >= 4 is 39.2 Å². The van der Waals surface area contributed by atoms with Crippen molar-refractivity contribution in [1.29, 1.82) is 0 Å². The Bertz CT molecular complexity index is 465. The lowest BCUT2D eigenvalue weighted by Gasteiger charge is -1.98. The zero-order chi connectivity index (χ0) is 10.8. The van der Waals surface area contributed by atoms with E-state index in [9.17, 15) is 0 Å². The van der Waals surface area contributed by atoms with Gasteiger partial charge in [-0.2, -0.15) is 4.37 Å². The van der Waals surface area contributed by atoms with Gasteiger partial charge < -0.3 is 0 Å². The molecule has 2 heterocycles. The summed E-state index contributed by atoms with van der Waals surface area (Å²) in [5.74, 6) is 1.54. The summed E-state index contributed by atoms with van der Waals surface area (Å²) in [4.78, 5) is 12.7. The zero-order valence-corrected chi connectivity index (χ0v) is 11.3. The molecule has 0 atom stereocenters. The Morgan fingerprint density at radius 2 is 2.00 bits per heavy atom. The van der Waals surface area contributed by atoms with Crippen molar-refractivity contribution in [2.45, 2.75) is 23.2 Å². The van der Waals surface area contributed by atoms with E-state index in [0.29, 0.717) is 0 Å². The molecule has 0 aliphatic rings. The van der Waals surface area contributed by atoms with Crippen LogP contribution in [0, 0.1) is 13.8 Å². The van der Waals surface area contributed by atoms with E-state index in [1.807, 2.05) is 19.9 Å². The van der Waals surface area contributed by atoms with Crippen LogP contribution in [0.4, 0.5) is 0 Å². The molecule has 0 aromatic carbocycles. The lowest BCUT2D eigenvalue weighted by Crippen LogP contribution is -1.89. The molecule has 0 saturated carbocycles. The minimum Gasteiger partial charge on any atom is -0.226 e. The highest BCUT2D eigenvalue weighted by Gasteiger charge is 2.06. The second-order valence-electron chi connectivity index (χ2n) is 2.79. The molecule has 0 aliphatic carbocycles. The van der Waals surface area contributed by atoms with E-state index in [0.717, 1.165) is 25.6 Å². The van der Waals surface area contributed by atoms with Gasteiger partial charge in [-0.15, -0.1) is 0 Å². The summed E-state index contributed by atoms with van der Waals surface area (Å²) >= 11 is 6.22. The van der Waals surface area contributed by atoms with Gasteiger partial charge >= 0.3 is 0 Å². The fraction of sp³-hybridized carbons (Fsp3) is 0.250. The number of nitrogens with zero attached hydrogens (tertiary/aromatic N) is 4. The number of hydrogen-bond acceptors (Lipinski definition) is 6. The largest absolute Gasteiger partial charge is 0.226 e. The summed E-state index contributed by atoms with van der Waals surface area (Å²) in [7, 11) is 0. The number of aryl methyl sites for hydroxylation is 2. The number of aromatic nitrogens is 4. The fourth-order valence-corrected chi connectivity index (χ4v) is 3.24. The first-order chi connectivity index (χ1) is 7.13. The molecule has 78 valence electrons. The minimum absolute atomic E-state index is 0.744. The van der Waals surface area contributed by atoms with Gasteiger partial charge in [-0.25, -0.2) is 15.0 Å². The molecule has 0 saturated heterocycles. The van der Waals surface area contributed by atoms with Crippen molar-refractivity contribution in [2.75, 3.05) is 0 Å². The summed E-state index contributed by atoms with van der Waals surface area (Å²) in [5, 5.41) is 0.880. The van der Waals surface area contributed by atoms with Crippen LogP contribution in [-0.2, 0) is 0 Å². The Morgan fingerprint density at radius 3 is 2.60 bits per heavy atom. The van der Waals surface area contributed by atoms with Crippen LogP contribution in [-0.4, -0.2) is 19.3 Å². The van der Waals surface area contributed by atoms with Crippen LogP contribution < -0.4 is 0 Å². The lowest BCUT2D eigenvalue weighted by molar-refractivity contribution is 0.949. The number of halogens is 1. The molecule has 0 fully saturated rings. The van der Waals surface area contributed by atoms with Gasteiger partial charge in [0, 0.05) is 6.07 Å². The second kappa shape index (κ2) is 4.54. The first-order valence-electron chi connectivity index (χ1n) is 4.13. The highest BCUT2D eigenvalue weighted by atomic mass is 79.9. The van der Waals surface area contributed by atoms with Crippen molar-refractivity contribution < 1.29 is 0 Å². The molecule has 4 nitrogen and oxygen atoms in total. The maximum absolute atomic E-state index is 4.30. The molecule has 0 bridgehead atoms. The van der Waals surface area contributed by atoms with Crippen LogP contribution in [0.25, 0.3) is 0 Å².